The molecule has 0 bridgehead atoms. The Balaban J connectivity index is 2.32. The second kappa shape index (κ2) is 5.41. The van der Waals surface area contributed by atoms with E-state index in [9.17, 15) is 0 Å². The summed E-state index contributed by atoms with van der Waals surface area (Å²) in [5.41, 5.74) is 7.41. The van der Waals surface area contributed by atoms with E-state index in [0.29, 0.717) is 4.99 Å². The van der Waals surface area contributed by atoms with Gasteiger partial charge >= 0.3 is 0 Å². The van der Waals surface area contributed by atoms with Crippen molar-refractivity contribution in [3.63, 3.8) is 0 Å². The fraction of sp³-hybridized carbons (Fsp3) is 0.0833. The number of aromatic nitrogens is 2. The molecule has 1 heterocycles. The number of rotatable bonds is 3. The normalized spacial score (nSPS) is 10.1. The summed E-state index contributed by atoms with van der Waals surface area (Å²) >= 11 is 8.35. The standard InChI is InChI=1S/C12H11BrN4S/c1-17(12-10(13)6-15-7-16-12)9-4-2-8(3-5-9)11(14)18/h2-7H,1H3,(H2,14,18). The highest BCUT2D eigenvalue weighted by molar-refractivity contribution is 9.10. The van der Waals surface area contributed by atoms with Crippen LogP contribution in [0.2, 0.25) is 0 Å². The molecule has 92 valence electrons. The van der Waals surface area contributed by atoms with Gasteiger partial charge in [-0.25, -0.2) is 9.97 Å². The van der Waals surface area contributed by atoms with Crippen LogP contribution in [0.4, 0.5) is 11.5 Å². The SMILES string of the molecule is CN(c1ccc(C(N)=S)cc1)c1ncncc1Br. The minimum Gasteiger partial charge on any atom is -0.389 e. The molecule has 0 atom stereocenters. The lowest BCUT2D eigenvalue weighted by Crippen LogP contribution is -2.13. The highest BCUT2D eigenvalue weighted by Crippen LogP contribution is 2.27. The van der Waals surface area contributed by atoms with Crippen LogP contribution in [0.25, 0.3) is 0 Å². The quantitative estimate of drug-likeness (QED) is 0.880. The Hall–Kier alpha value is -1.53. The molecule has 0 saturated carbocycles. The molecular weight excluding hydrogens is 312 g/mol. The number of nitrogens with two attached hydrogens (primary N) is 1. The largest absolute Gasteiger partial charge is 0.389 e. The molecule has 6 heteroatoms. The van der Waals surface area contributed by atoms with Gasteiger partial charge in [0.2, 0.25) is 0 Å². The van der Waals surface area contributed by atoms with Crippen molar-refractivity contribution in [2.24, 2.45) is 5.73 Å². The Morgan fingerprint density at radius 2 is 2.00 bits per heavy atom. The minimum atomic E-state index is 0.396. The molecule has 18 heavy (non-hydrogen) atoms. The van der Waals surface area contributed by atoms with E-state index < -0.39 is 0 Å². The van der Waals surface area contributed by atoms with Gasteiger partial charge in [0.1, 0.15) is 11.3 Å². The van der Waals surface area contributed by atoms with Crippen LogP contribution in [0.15, 0.2) is 41.3 Å². The lowest BCUT2D eigenvalue weighted by Gasteiger charge is -2.19. The van der Waals surface area contributed by atoms with Crippen molar-refractivity contribution < 1.29 is 0 Å². The van der Waals surface area contributed by atoms with Gasteiger partial charge in [-0.15, -0.1) is 0 Å². The van der Waals surface area contributed by atoms with E-state index >= 15 is 0 Å². The number of anilines is 2. The molecule has 0 radical (unpaired) electrons. The van der Waals surface area contributed by atoms with E-state index in [1.165, 1.54) is 6.33 Å². The zero-order chi connectivity index (χ0) is 13.1. The molecule has 2 rings (SSSR count). The first-order valence-corrected chi connectivity index (χ1v) is 6.39. The zero-order valence-electron chi connectivity index (χ0n) is 9.67. The lowest BCUT2D eigenvalue weighted by molar-refractivity contribution is 1.07. The number of hydrogen-bond donors (Lipinski definition) is 1. The lowest BCUT2D eigenvalue weighted by atomic mass is 10.2. The number of thiocarbonyl (C=S) groups is 1. The third-order valence-corrected chi connectivity index (χ3v) is 3.30. The van der Waals surface area contributed by atoms with Crippen LogP contribution in [0, 0.1) is 0 Å². The molecule has 0 unspecified atom stereocenters. The first-order valence-electron chi connectivity index (χ1n) is 5.18. The molecule has 0 amide bonds. The first kappa shape index (κ1) is 12.9. The summed E-state index contributed by atoms with van der Waals surface area (Å²) in [7, 11) is 1.93. The number of nitrogens with zero attached hydrogens (tertiary/aromatic N) is 3. The van der Waals surface area contributed by atoms with Gasteiger partial charge in [0.25, 0.3) is 0 Å². The smallest absolute Gasteiger partial charge is 0.150 e. The maximum Gasteiger partial charge on any atom is 0.150 e. The van der Waals surface area contributed by atoms with Gasteiger partial charge in [-0.3, -0.25) is 0 Å². The minimum absolute atomic E-state index is 0.396. The number of hydrogen-bond acceptors (Lipinski definition) is 4. The Kier molecular flexibility index (Phi) is 3.88. The molecule has 0 spiro atoms. The number of halogens is 1. The molecule has 2 aromatic rings. The maximum absolute atomic E-state index is 5.56. The Labute approximate surface area is 119 Å². The predicted molar refractivity (Wildman–Crippen MR) is 80.1 cm³/mol. The van der Waals surface area contributed by atoms with Crippen molar-refractivity contribution in [3.8, 4) is 0 Å². The molecule has 0 aliphatic rings. The third kappa shape index (κ3) is 2.65. The molecular formula is C12H11BrN4S. The Morgan fingerprint density at radius 1 is 1.33 bits per heavy atom. The van der Waals surface area contributed by atoms with E-state index in [1.807, 2.05) is 36.2 Å². The summed E-state index contributed by atoms with van der Waals surface area (Å²) in [6.07, 6.45) is 3.22. The molecule has 0 fully saturated rings. The van der Waals surface area contributed by atoms with E-state index in [0.717, 1.165) is 21.5 Å². The van der Waals surface area contributed by atoms with Gasteiger partial charge < -0.3 is 10.6 Å². The Morgan fingerprint density at radius 3 is 2.56 bits per heavy atom. The van der Waals surface area contributed by atoms with Gasteiger partial charge in [0.05, 0.1) is 4.47 Å². The van der Waals surface area contributed by atoms with E-state index in [-0.39, 0.29) is 0 Å². The third-order valence-electron chi connectivity index (χ3n) is 2.51. The molecule has 0 saturated heterocycles. The highest BCUT2D eigenvalue weighted by Gasteiger charge is 2.09. The summed E-state index contributed by atoms with van der Waals surface area (Å²) in [5.74, 6) is 0.799. The molecule has 0 aliphatic carbocycles. The van der Waals surface area contributed by atoms with Gasteiger partial charge in [-0.1, -0.05) is 12.2 Å². The molecule has 0 aliphatic heterocycles. The topological polar surface area (TPSA) is 55.0 Å². The van der Waals surface area contributed by atoms with Crippen LogP contribution in [-0.2, 0) is 0 Å². The van der Waals surface area contributed by atoms with Crippen LogP contribution >= 0.6 is 28.1 Å². The second-order valence-electron chi connectivity index (χ2n) is 3.66. The van der Waals surface area contributed by atoms with Crippen molar-refractivity contribution in [3.05, 3.63) is 46.8 Å². The van der Waals surface area contributed by atoms with E-state index in [1.54, 1.807) is 6.20 Å². The maximum atomic E-state index is 5.56. The van der Waals surface area contributed by atoms with Crippen LogP contribution in [0.5, 0.6) is 0 Å². The van der Waals surface area contributed by atoms with Gasteiger partial charge in [0.15, 0.2) is 5.82 Å². The molecule has 2 N–H and O–H groups in total. The molecule has 1 aromatic heterocycles. The molecule has 1 aromatic carbocycles. The Bertz CT molecular complexity index is 571. The van der Waals surface area contributed by atoms with Crippen LogP contribution in [-0.4, -0.2) is 22.0 Å². The van der Waals surface area contributed by atoms with Crippen molar-refractivity contribution in [1.29, 1.82) is 0 Å². The molecule has 4 nitrogen and oxygen atoms in total. The van der Waals surface area contributed by atoms with E-state index in [4.69, 9.17) is 18.0 Å². The zero-order valence-corrected chi connectivity index (χ0v) is 12.1. The first-order chi connectivity index (χ1) is 8.59. The summed E-state index contributed by atoms with van der Waals surface area (Å²) in [4.78, 5) is 10.5. The van der Waals surface area contributed by atoms with Crippen LogP contribution in [0.3, 0.4) is 0 Å². The summed E-state index contributed by atoms with van der Waals surface area (Å²) in [6, 6.07) is 7.68. The monoisotopic (exact) mass is 322 g/mol. The average Bonchev–Trinajstić information content (AvgIpc) is 2.38. The fourth-order valence-electron chi connectivity index (χ4n) is 1.52. The van der Waals surface area contributed by atoms with Gasteiger partial charge in [-0.2, -0.15) is 0 Å². The van der Waals surface area contributed by atoms with Crippen LogP contribution in [0.1, 0.15) is 5.56 Å². The van der Waals surface area contributed by atoms with Crippen molar-refractivity contribution in [2.75, 3.05) is 11.9 Å². The summed E-state index contributed by atoms with van der Waals surface area (Å²) < 4.78 is 0.839. The summed E-state index contributed by atoms with van der Waals surface area (Å²) in [5, 5.41) is 0. The van der Waals surface area contributed by atoms with E-state index in [2.05, 4.69) is 25.9 Å². The van der Waals surface area contributed by atoms with Crippen molar-refractivity contribution in [1.82, 2.24) is 9.97 Å². The second-order valence-corrected chi connectivity index (χ2v) is 4.96. The van der Waals surface area contributed by atoms with Crippen molar-refractivity contribution in [2.45, 2.75) is 0 Å². The van der Waals surface area contributed by atoms with Crippen molar-refractivity contribution >= 4 is 44.6 Å². The average molecular weight is 323 g/mol. The van der Waals surface area contributed by atoms with Crippen LogP contribution < -0.4 is 10.6 Å². The summed E-state index contributed by atoms with van der Waals surface area (Å²) in [6.45, 7) is 0. The fourth-order valence-corrected chi connectivity index (χ4v) is 2.15. The number of benzene rings is 1. The predicted octanol–water partition coefficient (Wildman–Crippen LogP) is 2.64. The van der Waals surface area contributed by atoms with Gasteiger partial charge in [0, 0.05) is 24.5 Å². The highest BCUT2D eigenvalue weighted by atomic mass is 79.9. The van der Waals surface area contributed by atoms with Gasteiger partial charge in [-0.05, 0) is 40.2 Å².